The Balaban J connectivity index is 2.26. The van der Waals surface area contributed by atoms with Crippen LogP contribution in [0.15, 0.2) is 0 Å². The molecule has 1 aliphatic rings. The molecule has 0 saturated heterocycles. The van der Waals surface area contributed by atoms with E-state index in [1.165, 1.54) is 19.3 Å². The molecular formula is C13H26ClNO. The second kappa shape index (κ2) is 6.83. The molecule has 0 spiro atoms. The summed E-state index contributed by atoms with van der Waals surface area (Å²) < 4.78 is 5.44. The van der Waals surface area contributed by atoms with Crippen molar-refractivity contribution in [3.63, 3.8) is 0 Å². The Labute approximate surface area is 105 Å². The minimum atomic E-state index is 0.307. The Bertz CT molecular complexity index is 196. The van der Waals surface area contributed by atoms with E-state index in [1.807, 2.05) is 7.11 Å². The number of ether oxygens (including phenoxy) is 1. The molecule has 1 aliphatic carbocycles. The molecule has 0 bridgehead atoms. The summed E-state index contributed by atoms with van der Waals surface area (Å²) in [6, 6.07) is 0.633. The quantitative estimate of drug-likeness (QED) is 0.728. The molecule has 0 aliphatic heterocycles. The first-order valence-corrected chi connectivity index (χ1v) is 6.93. The molecule has 2 nitrogen and oxygen atoms in total. The second-order valence-corrected chi connectivity index (χ2v) is 6.08. The van der Waals surface area contributed by atoms with E-state index in [9.17, 15) is 0 Å². The Kier molecular flexibility index (Phi) is 6.09. The first-order chi connectivity index (χ1) is 7.57. The minimum absolute atomic E-state index is 0.307. The number of alkyl halides is 1. The van der Waals surface area contributed by atoms with E-state index in [4.69, 9.17) is 16.3 Å². The normalized spacial score (nSPS) is 27.0. The lowest BCUT2D eigenvalue weighted by atomic mass is 9.88. The molecule has 0 heterocycles. The lowest BCUT2D eigenvalue weighted by Gasteiger charge is -2.32. The lowest BCUT2D eigenvalue weighted by Crippen LogP contribution is -2.41. The third-order valence-electron chi connectivity index (χ3n) is 3.60. The largest absolute Gasteiger partial charge is 0.381 e. The molecule has 1 saturated carbocycles. The highest BCUT2D eigenvalue weighted by atomic mass is 35.5. The molecule has 16 heavy (non-hydrogen) atoms. The minimum Gasteiger partial charge on any atom is -0.381 e. The van der Waals surface area contributed by atoms with Crippen LogP contribution in [0.3, 0.4) is 0 Å². The van der Waals surface area contributed by atoms with Gasteiger partial charge in [0, 0.05) is 25.6 Å². The molecule has 0 aromatic rings. The van der Waals surface area contributed by atoms with E-state index in [1.54, 1.807) is 0 Å². The predicted octanol–water partition coefficient (Wildman–Crippen LogP) is 3.19. The molecule has 0 amide bonds. The van der Waals surface area contributed by atoms with E-state index in [2.05, 4.69) is 19.2 Å². The highest BCUT2D eigenvalue weighted by Gasteiger charge is 2.24. The van der Waals surface area contributed by atoms with Gasteiger partial charge in [-0.15, -0.1) is 11.6 Å². The van der Waals surface area contributed by atoms with Gasteiger partial charge in [-0.05, 0) is 37.5 Å². The smallest absolute Gasteiger partial charge is 0.0586 e. The highest BCUT2D eigenvalue weighted by molar-refractivity contribution is 6.17. The number of hydrogen-bond acceptors (Lipinski definition) is 2. The Morgan fingerprint density at radius 2 is 2.12 bits per heavy atom. The van der Waals surface area contributed by atoms with Crippen LogP contribution in [-0.2, 0) is 4.74 Å². The zero-order valence-corrected chi connectivity index (χ0v) is 11.6. The van der Waals surface area contributed by atoms with Crippen molar-refractivity contribution in [2.24, 2.45) is 5.41 Å². The van der Waals surface area contributed by atoms with E-state index in [0.717, 1.165) is 25.3 Å². The second-order valence-electron chi connectivity index (χ2n) is 5.71. The third kappa shape index (κ3) is 5.03. The fraction of sp³-hybridized carbons (Fsp3) is 1.00. The molecule has 2 unspecified atom stereocenters. The van der Waals surface area contributed by atoms with Crippen LogP contribution in [0.2, 0.25) is 0 Å². The van der Waals surface area contributed by atoms with Crippen LogP contribution >= 0.6 is 11.6 Å². The Morgan fingerprint density at radius 1 is 1.38 bits per heavy atom. The monoisotopic (exact) mass is 247 g/mol. The average molecular weight is 248 g/mol. The van der Waals surface area contributed by atoms with E-state index >= 15 is 0 Å². The van der Waals surface area contributed by atoms with Crippen molar-refractivity contribution in [3.8, 4) is 0 Å². The maximum absolute atomic E-state index is 5.81. The first-order valence-electron chi connectivity index (χ1n) is 6.39. The predicted molar refractivity (Wildman–Crippen MR) is 70.2 cm³/mol. The number of nitrogens with one attached hydrogen (secondary N) is 1. The van der Waals surface area contributed by atoms with Gasteiger partial charge in [0.1, 0.15) is 0 Å². The van der Waals surface area contributed by atoms with Gasteiger partial charge < -0.3 is 10.1 Å². The summed E-state index contributed by atoms with van der Waals surface area (Å²) in [6.45, 7) is 5.61. The standard InChI is InChI=1S/C13H26ClNO/c1-13(2,7-8-14)10-15-11-5-4-6-12(9-11)16-3/h11-12,15H,4-10H2,1-3H3. The molecule has 1 fully saturated rings. The number of rotatable bonds is 6. The lowest BCUT2D eigenvalue weighted by molar-refractivity contribution is 0.0571. The molecule has 0 aromatic carbocycles. The van der Waals surface area contributed by atoms with Crippen molar-refractivity contribution < 1.29 is 4.74 Å². The number of methoxy groups -OCH3 is 1. The molecule has 1 N–H and O–H groups in total. The van der Waals surface area contributed by atoms with Crippen LogP contribution in [0.4, 0.5) is 0 Å². The van der Waals surface area contributed by atoms with Gasteiger partial charge >= 0.3 is 0 Å². The van der Waals surface area contributed by atoms with E-state index < -0.39 is 0 Å². The third-order valence-corrected chi connectivity index (χ3v) is 3.79. The molecule has 2 atom stereocenters. The molecule has 3 heteroatoms. The fourth-order valence-electron chi connectivity index (χ4n) is 2.31. The van der Waals surface area contributed by atoms with Crippen LogP contribution < -0.4 is 5.32 Å². The average Bonchev–Trinajstić information content (AvgIpc) is 2.27. The topological polar surface area (TPSA) is 21.3 Å². The number of halogens is 1. The zero-order chi connectivity index (χ0) is 12.0. The van der Waals surface area contributed by atoms with Gasteiger partial charge in [0.05, 0.1) is 6.10 Å². The summed E-state index contributed by atoms with van der Waals surface area (Å²) in [7, 11) is 1.82. The molecule has 0 aromatic heterocycles. The van der Waals surface area contributed by atoms with Crippen LogP contribution in [-0.4, -0.2) is 31.7 Å². The van der Waals surface area contributed by atoms with Crippen molar-refractivity contribution in [1.29, 1.82) is 0 Å². The summed E-state index contributed by atoms with van der Waals surface area (Å²) >= 11 is 5.81. The summed E-state index contributed by atoms with van der Waals surface area (Å²) in [5.41, 5.74) is 0.307. The summed E-state index contributed by atoms with van der Waals surface area (Å²) in [5.74, 6) is 0.750. The van der Waals surface area contributed by atoms with Crippen molar-refractivity contribution >= 4 is 11.6 Å². The maximum Gasteiger partial charge on any atom is 0.0586 e. The van der Waals surface area contributed by atoms with Crippen molar-refractivity contribution in [3.05, 3.63) is 0 Å². The molecule has 96 valence electrons. The maximum atomic E-state index is 5.81. The summed E-state index contributed by atoms with van der Waals surface area (Å²) in [6.07, 6.45) is 6.49. The van der Waals surface area contributed by atoms with Crippen molar-refractivity contribution in [1.82, 2.24) is 5.32 Å². The van der Waals surface area contributed by atoms with Gasteiger partial charge in [0.25, 0.3) is 0 Å². The van der Waals surface area contributed by atoms with Gasteiger partial charge in [0.2, 0.25) is 0 Å². The highest BCUT2D eigenvalue weighted by Crippen LogP contribution is 2.23. The van der Waals surface area contributed by atoms with Crippen molar-refractivity contribution in [2.75, 3.05) is 19.5 Å². The van der Waals surface area contributed by atoms with Gasteiger partial charge in [-0.25, -0.2) is 0 Å². The van der Waals surface area contributed by atoms with Gasteiger partial charge in [0.15, 0.2) is 0 Å². The van der Waals surface area contributed by atoms with Gasteiger partial charge in [-0.2, -0.15) is 0 Å². The zero-order valence-electron chi connectivity index (χ0n) is 10.9. The SMILES string of the molecule is COC1CCCC(NCC(C)(C)CCCl)C1. The fourth-order valence-corrected chi connectivity index (χ4v) is 2.82. The van der Waals surface area contributed by atoms with E-state index in [0.29, 0.717) is 17.6 Å². The summed E-state index contributed by atoms with van der Waals surface area (Å²) in [4.78, 5) is 0. The van der Waals surface area contributed by atoms with Crippen molar-refractivity contribution in [2.45, 2.75) is 58.1 Å². The van der Waals surface area contributed by atoms with Crippen LogP contribution in [0.25, 0.3) is 0 Å². The number of hydrogen-bond donors (Lipinski definition) is 1. The Hall–Kier alpha value is 0.210. The first kappa shape index (κ1) is 14.3. The molecular weight excluding hydrogens is 222 g/mol. The van der Waals surface area contributed by atoms with Crippen LogP contribution in [0.1, 0.15) is 46.0 Å². The molecule has 1 rings (SSSR count). The summed E-state index contributed by atoms with van der Waals surface area (Å²) in [5, 5.41) is 3.67. The Morgan fingerprint density at radius 3 is 2.75 bits per heavy atom. The van der Waals surface area contributed by atoms with E-state index in [-0.39, 0.29) is 0 Å². The van der Waals surface area contributed by atoms with Gasteiger partial charge in [-0.3, -0.25) is 0 Å². The van der Waals surface area contributed by atoms with Crippen LogP contribution in [0, 0.1) is 5.41 Å². The van der Waals surface area contributed by atoms with Gasteiger partial charge in [-0.1, -0.05) is 13.8 Å². The molecule has 0 radical (unpaired) electrons. The van der Waals surface area contributed by atoms with Crippen LogP contribution in [0.5, 0.6) is 0 Å².